The van der Waals surface area contributed by atoms with Crippen LogP contribution in [-0.2, 0) is 6.61 Å². The first kappa shape index (κ1) is 11.6. The highest BCUT2D eigenvalue weighted by atomic mass is 19.1. The van der Waals surface area contributed by atoms with Gasteiger partial charge in [0.1, 0.15) is 23.9 Å². The minimum atomic E-state index is -0.381. The van der Waals surface area contributed by atoms with E-state index in [9.17, 15) is 4.39 Å². The lowest BCUT2D eigenvalue weighted by Crippen LogP contribution is -1.92. The number of halogens is 1. The Kier molecular flexibility index (Phi) is 2.83. The summed E-state index contributed by atoms with van der Waals surface area (Å²) in [4.78, 5) is 0. The third-order valence-electron chi connectivity index (χ3n) is 2.76. The Labute approximate surface area is 108 Å². The molecule has 0 bridgehead atoms. The number of hydrogen-bond acceptors (Lipinski definition) is 3. The summed E-state index contributed by atoms with van der Waals surface area (Å²) < 4.78 is 24.3. The zero-order valence-electron chi connectivity index (χ0n) is 9.97. The summed E-state index contributed by atoms with van der Waals surface area (Å²) in [5, 5.41) is 9.86. The molecule has 3 rings (SSSR count). The van der Waals surface area contributed by atoms with Gasteiger partial charge in [-0.05, 0) is 36.4 Å². The van der Waals surface area contributed by atoms with Crippen LogP contribution in [0.5, 0.6) is 11.5 Å². The van der Waals surface area contributed by atoms with Gasteiger partial charge in [-0.15, -0.1) is 0 Å². The first-order valence-corrected chi connectivity index (χ1v) is 5.81. The van der Waals surface area contributed by atoms with Gasteiger partial charge in [0.05, 0.1) is 0 Å². The highest BCUT2D eigenvalue weighted by Gasteiger charge is 2.08. The molecule has 1 aromatic heterocycles. The molecular formula is C15H11FO3. The predicted octanol–water partition coefficient (Wildman–Crippen LogP) is 3.86. The maximum atomic E-state index is 13.4. The van der Waals surface area contributed by atoms with E-state index in [0.717, 1.165) is 0 Å². The minimum absolute atomic E-state index is 0.179. The molecule has 19 heavy (non-hydrogen) atoms. The van der Waals surface area contributed by atoms with Gasteiger partial charge in [0.25, 0.3) is 0 Å². The van der Waals surface area contributed by atoms with Gasteiger partial charge in [-0.2, -0.15) is 0 Å². The second-order valence-electron chi connectivity index (χ2n) is 4.15. The van der Waals surface area contributed by atoms with E-state index < -0.39 is 0 Å². The molecule has 4 heteroatoms. The third-order valence-corrected chi connectivity index (χ3v) is 2.76. The number of fused-ring (bicyclic) bond motifs is 1. The number of para-hydroxylation sites is 1. The number of ether oxygens (including phenoxy) is 1. The number of phenols is 1. The fourth-order valence-corrected chi connectivity index (χ4v) is 1.85. The molecule has 3 nitrogen and oxygen atoms in total. The Morgan fingerprint density at radius 3 is 2.63 bits per heavy atom. The molecule has 0 aliphatic carbocycles. The Morgan fingerprint density at radius 1 is 1.11 bits per heavy atom. The van der Waals surface area contributed by atoms with Crippen LogP contribution in [0.2, 0.25) is 0 Å². The van der Waals surface area contributed by atoms with Crippen LogP contribution in [0.4, 0.5) is 4.39 Å². The topological polar surface area (TPSA) is 42.6 Å². The third kappa shape index (κ3) is 2.38. The van der Waals surface area contributed by atoms with E-state index in [1.54, 1.807) is 30.3 Å². The van der Waals surface area contributed by atoms with E-state index in [-0.39, 0.29) is 23.8 Å². The maximum absolute atomic E-state index is 13.4. The Bertz CT molecular complexity index is 701. The van der Waals surface area contributed by atoms with Crippen LogP contribution in [-0.4, -0.2) is 5.11 Å². The maximum Gasteiger partial charge on any atom is 0.170 e. The Balaban J connectivity index is 1.78. The van der Waals surface area contributed by atoms with Crippen molar-refractivity contribution in [1.29, 1.82) is 0 Å². The molecule has 0 unspecified atom stereocenters. The molecule has 0 aliphatic heterocycles. The van der Waals surface area contributed by atoms with E-state index in [1.807, 2.05) is 0 Å². The zero-order valence-corrected chi connectivity index (χ0v) is 9.97. The summed E-state index contributed by atoms with van der Waals surface area (Å²) in [6, 6.07) is 12.9. The van der Waals surface area contributed by atoms with Crippen molar-refractivity contribution in [2.45, 2.75) is 6.61 Å². The largest absolute Gasteiger partial charge is 0.508 e. The number of benzene rings is 2. The second-order valence-corrected chi connectivity index (χ2v) is 4.15. The van der Waals surface area contributed by atoms with Gasteiger partial charge < -0.3 is 14.3 Å². The lowest BCUT2D eigenvalue weighted by molar-refractivity contribution is 0.273. The fourth-order valence-electron chi connectivity index (χ4n) is 1.85. The van der Waals surface area contributed by atoms with E-state index in [1.165, 1.54) is 18.2 Å². The summed E-state index contributed by atoms with van der Waals surface area (Å²) >= 11 is 0. The van der Waals surface area contributed by atoms with Gasteiger partial charge >= 0.3 is 0 Å². The van der Waals surface area contributed by atoms with Crippen molar-refractivity contribution in [1.82, 2.24) is 0 Å². The van der Waals surface area contributed by atoms with Crippen LogP contribution in [0.1, 0.15) is 5.76 Å². The molecule has 0 atom stereocenters. The molecule has 0 saturated heterocycles. The molecule has 0 fully saturated rings. The average molecular weight is 258 g/mol. The lowest BCUT2D eigenvalue weighted by Gasteiger charge is -2.03. The van der Waals surface area contributed by atoms with Crippen molar-refractivity contribution < 1.29 is 18.7 Å². The van der Waals surface area contributed by atoms with Crippen LogP contribution in [0.15, 0.2) is 52.9 Å². The van der Waals surface area contributed by atoms with E-state index >= 15 is 0 Å². The van der Waals surface area contributed by atoms with E-state index in [2.05, 4.69) is 0 Å². The van der Waals surface area contributed by atoms with Gasteiger partial charge in [-0.25, -0.2) is 4.39 Å². The highest BCUT2D eigenvalue weighted by molar-refractivity contribution is 5.78. The van der Waals surface area contributed by atoms with E-state index in [0.29, 0.717) is 16.9 Å². The quantitative estimate of drug-likeness (QED) is 0.775. The minimum Gasteiger partial charge on any atom is -0.508 e. The number of hydrogen-bond donors (Lipinski definition) is 1. The summed E-state index contributed by atoms with van der Waals surface area (Å²) in [5.74, 6) is 0.957. The van der Waals surface area contributed by atoms with Crippen LogP contribution in [0, 0.1) is 5.82 Å². The molecule has 0 spiro atoms. The van der Waals surface area contributed by atoms with Gasteiger partial charge in [0, 0.05) is 5.39 Å². The van der Waals surface area contributed by atoms with Gasteiger partial charge in [-0.3, -0.25) is 0 Å². The monoisotopic (exact) mass is 258 g/mol. The van der Waals surface area contributed by atoms with Gasteiger partial charge in [0.2, 0.25) is 0 Å². The Morgan fingerprint density at radius 2 is 1.89 bits per heavy atom. The number of furan rings is 1. The van der Waals surface area contributed by atoms with Gasteiger partial charge in [0.15, 0.2) is 11.4 Å². The predicted molar refractivity (Wildman–Crippen MR) is 68.6 cm³/mol. The number of rotatable bonds is 3. The summed E-state index contributed by atoms with van der Waals surface area (Å²) in [7, 11) is 0. The molecule has 0 aliphatic rings. The van der Waals surface area contributed by atoms with Crippen molar-refractivity contribution in [3.8, 4) is 11.5 Å². The van der Waals surface area contributed by atoms with Crippen LogP contribution < -0.4 is 4.74 Å². The SMILES string of the molecule is Oc1ccc(OCc2cc3cccc(F)c3o2)cc1. The van der Waals surface area contributed by atoms with E-state index in [4.69, 9.17) is 14.3 Å². The van der Waals surface area contributed by atoms with Crippen LogP contribution >= 0.6 is 0 Å². The number of phenolic OH excluding ortho intramolecular Hbond substituents is 1. The highest BCUT2D eigenvalue weighted by Crippen LogP contribution is 2.23. The van der Waals surface area contributed by atoms with Crippen molar-refractivity contribution in [3.63, 3.8) is 0 Å². The average Bonchev–Trinajstić information content (AvgIpc) is 2.83. The summed E-state index contributed by atoms with van der Waals surface area (Å²) in [6.07, 6.45) is 0. The molecule has 1 N–H and O–H groups in total. The summed E-state index contributed by atoms with van der Waals surface area (Å²) in [6.45, 7) is 0.207. The summed E-state index contributed by atoms with van der Waals surface area (Å²) in [5.41, 5.74) is 0.242. The van der Waals surface area contributed by atoms with Crippen LogP contribution in [0.3, 0.4) is 0 Å². The van der Waals surface area contributed by atoms with Crippen molar-refractivity contribution in [3.05, 3.63) is 60.1 Å². The Hall–Kier alpha value is -2.49. The molecule has 0 amide bonds. The molecule has 3 aromatic rings. The van der Waals surface area contributed by atoms with Crippen molar-refractivity contribution in [2.75, 3.05) is 0 Å². The molecule has 96 valence electrons. The van der Waals surface area contributed by atoms with Crippen molar-refractivity contribution in [2.24, 2.45) is 0 Å². The molecule has 0 saturated carbocycles. The molecule has 0 radical (unpaired) electrons. The first-order valence-electron chi connectivity index (χ1n) is 5.81. The molecular weight excluding hydrogens is 247 g/mol. The fraction of sp³-hybridized carbons (Fsp3) is 0.0667. The second kappa shape index (κ2) is 4.65. The number of aromatic hydroxyl groups is 1. The van der Waals surface area contributed by atoms with Crippen LogP contribution in [0.25, 0.3) is 11.0 Å². The molecule has 2 aromatic carbocycles. The zero-order chi connectivity index (χ0) is 13.2. The smallest absolute Gasteiger partial charge is 0.170 e. The normalized spacial score (nSPS) is 10.8. The first-order chi connectivity index (χ1) is 9.22. The standard InChI is InChI=1S/C15H11FO3/c16-14-3-1-2-10-8-13(19-15(10)14)9-18-12-6-4-11(17)5-7-12/h1-8,17H,9H2. The van der Waals surface area contributed by atoms with Crippen molar-refractivity contribution >= 4 is 11.0 Å². The lowest BCUT2D eigenvalue weighted by atomic mass is 10.2. The van der Waals surface area contributed by atoms with Gasteiger partial charge in [-0.1, -0.05) is 12.1 Å². The molecule has 1 heterocycles.